The van der Waals surface area contributed by atoms with E-state index in [1.807, 2.05) is 0 Å². The minimum absolute atomic E-state index is 0.291. The van der Waals surface area contributed by atoms with Crippen LogP contribution in [0.15, 0.2) is 41.3 Å². The van der Waals surface area contributed by atoms with Gasteiger partial charge >= 0.3 is 0 Å². The van der Waals surface area contributed by atoms with Gasteiger partial charge < -0.3 is 10.5 Å². The Morgan fingerprint density at radius 3 is 2.43 bits per heavy atom. The molecule has 112 valence electrons. The number of nitrogens with two attached hydrogens (primary N) is 1. The molecule has 2 aromatic rings. The van der Waals surface area contributed by atoms with Gasteiger partial charge in [-0.2, -0.15) is 0 Å². The SMILES string of the molecule is COc1cc(N)ccc1CS(=O)(=O)c1ccc(F)c(F)c1. The molecule has 2 N–H and O–H groups in total. The minimum Gasteiger partial charge on any atom is -0.496 e. The van der Waals surface area contributed by atoms with Gasteiger partial charge in [-0.05, 0) is 24.3 Å². The van der Waals surface area contributed by atoms with E-state index in [0.29, 0.717) is 23.1 Å². The third-order valence-corrected chi connectivity index (χ3v) is 4.57. The van der Waals surface area contributed by atoms with Crippen LogP contribution in [-0.4, -0.2) is 15.5 Å². The number of benzene rings is 2. The lowest BCUT2D eigenvalue weighted by Crippen LogP contribution is -2.07. The normalized spacial score (nSPS) is 11.4. The maximum absolute atomic E-state index is 13.2. The average molecular weight is 313 g/mol. The summed E-state index contributed by atoms with van der Waals surface area (Å²) in [5, 5.41) is 0. The summed E-state index contributed by atoms with van der Waals surface area (Å²) in [5.41, 5.74) is 6.41. The van der Waals surface area contributed by atoms with Crippen LogP contribution in [0.2, 0.25) is 0 Å². The minimum atomic E-state index is -3.83. The summed E-state index contributed by atoms with van der Waals surface area (Å²) in [4.78, 5) is -0.291. The van der Waals surface area contributed by atoms with E-state index in [9.17, 15) is 17.2 Å². The molecular weight excluding hydrogens is 300 g/mol. The van der Waals surface area contributed by atoms with Crippen molar-refractivity contribution in [3.63, 3.8) is 0 Å². The predicted octanol–water partition coefficient (Wildman–Crippen LogP) is 2.53. The van der Waals surface area contributed by atoms with Gasteiger partial charge in [-0.1, -0.05) is 6.07 Å². The predicted molar refractivity (Wildman–Crippen MR) is 74.7 cm³/mol. The molecule has 0 aliphatic heterocycles. The standard InChI is InChI=1S/C14H13F2NO3S/c1-20-14-6-10(17)3-2-9(14)8-21(18,19)11-4-5-12(15)13(16)7-11/h2-7H,8,17H2,1H3. The van der Waals surface area contributed by atoms with Crippen LogP contribution in [0.1, 0.15) is 5.56 Å². The van der Waals surface area contributed by atoms with Crippen LogP contribution < -0.4 is 10.5 Å². The summed E-state index contributed by atoms with van der Waals surface area (Å²) in [5.74, 6) is -2.39. The fraction of sp³-hybridized carbons (Fsp3) is 0.143. The lowest BCUT2D eigenvalue weighted by molar-refractivity contribution is 0.411. The molecule has 0 spiro atoms. The summed E-state index contributed by atoms with van der Waals surface area (Å²) in [6.07, 6.45) is 0. The van der Waals surface area contributed by atoms with Crippen LogP contribution in [0.25, 0.3) is 0 Å². The van der Waals surface area contributed by atoms with E-state index in [1.165, 1.54) is 19.2 Å². The smallest absolute Gasteiger partial charge is 0.182 e. The van der Waals surface area contributed by atoms with Crippen molar-refractivity contribution in [2.75, 3.05) is 12.8 Å². The Labute approximate surface area is 121 Å². The maximum Gasteiger partial charge on any atom is 0.182 e. The van der Waals surface area contributed by atoms with Crippen LogP contribution in [0.3, 0.4) is 0 Å². The first-order valence-electron chi connectivity index (χ1n) is 5.93. The third kappa shape index (κ3) is 3.30. The second-order valence-corrected chi connectivity index (χ2v) is 6.40. The molecule has 0 unspecified atom stereocenters. The molecule has 0 amide bonds. The van der Waals surface area contributed by atoms with E-state index in [-0.39, 0.29) is 4.90 Å². The van der Waals surface area contributed by atoms with Gasteiger partial charge in [-0.15, -0.1) is 0 Å². The Hall–Kier alpha value is -2.15. The topological polar surface area (TPSA) is 69.4 Å². The number of nitrogen functional groups attached to an aromatic ring is 1. The Morgan fingerprint density at radius 2 is 1.81 bits per heavy atom. The van der Waals surface area contributed by atoms with E-state index >= 15 is 0 Å². The number of halogens is 2. The first-order chi connectivity index (χ1) is 9.83. The van der Waals surface area contributed by atoms with Gasteiger partial charge in [0.1, 0.15) is 5.75 Å². The summed E-state index contributed by atoms with van der Waals surface area (Å²) < 4.78 is 55.6. The summed E-state index contributed by atoms with van der Waals surface area (Å²) in [6, 6.07) is 7.02. The lowest BCUT2D eigenvalue weighted by Gasteiger charge is -2.10. The third-order valence-electron chi connectivity index (χ3n) is 2.91. The highest BCUT2D eigenvalue weighted by atomic mass is 32.2. The molecule has 2 rings (SSSR count). The summed E-state index contributed by atoms with van der Waals surface area (Å²) in [7, 11) is -2.43. The number of rotatable bonds is 4. The quantitative estimate of drug-likeness (QED) is 0.695. The number of anilines is 1. The van der Waals surface area contributed by atoms with Crippen molar-refractivity contribution < 1.29 is 21.9 Å². The summed E-state index contributed by atoms with van der Waals surface area (Å²) >= 11 is 0. The molecule has 7 heteroatoms. The largest absolute Gasteiger partial charge is 0.496 e. The maximum atomic E-state index is 13.2. The monoisotopic (exact) mass is 313 g/mol. The van der Waals surface area contributed by atoms with Gasteiger partial charge in [0, 0.05) is 17.3 Å². The molecule has 0 heterocycles. The van der Waals surface area contributed by atoms with Gasteiger partial charge in [-0.25, -0.2) is 17.2 Å². The van der Waals surface area contributed by atoms with Crippen molar-refractivity contribution in [2.24, 2.45) is 0 Å². The first kappa shape index (κ1) is 15.2. The Kier molecular flexibility index (Phi) is 4.13. The van der Waals surface area contributed by atoms with E-state index in [2.05, 4.69) is 0 Å². The van der Waals surface area contributed by atoms with Gasteiger partial charge in [0.15, 0.2) is 21.5 Å². The Morgan fingerprint density at radius 1 is 1.10 bits per heavy atom. The second-order valence-electron chi connectivity index (χ2n) is 4.41. The number of methoxy groups -OCH3 is 1. The van der Waals surface area contributed by atoms with Gasteiger partial charge in [-0.3, -0.25) is 0 Å². The number of ether oxygens (including phenoxy) is 1. The molecule has 2 aromatic carbocycles. The van der Waals surface area contributed by atoms with Crippen molar-refractivity contribution >= 4 is 15.5 Å². The Bertz CT molecular complexity index is 776. The van der Waals surface area contributed by atoms with E-state index in [4.69, 9.17) is 10.5 Å². The number of hydrogen-bond donors (Lipinski definition) is 1. The molecule has 0 aromatic heterocycles. The zero-order chi connectivity index (χ0) is 15.6. The molecule has 0 saturated carbocycles. The molecule has 21 heavy (non-hydrogen) atoms. The molecule has 0 atom stereocenters. The van der Waals surface area contributed by atoms with Crippen molar-refractivity contribution in [3.05, 3.63) is 53.6 Å². The first-order valence-corrected chi connectivity index (χ1v) is 7.59. The van der Waals surface area contributed by atoms with Crippen molar-refractivity contribution in [2.45, 2.75) is 10.6 Å². The van der Waals surface area contributed by atoms with Gasteiger partial charge in [0.2, 0.25) is 0 Å². The van der Waals surface area contributed by atoms with E-state index < -0.39 is 27.2 Å². The molecule has 0 fully saturated rings. The zero-order valence-electron chi connectivity index (χ0n) is 11.1. The van der Waals surface area contributed by atoms with Gasteiger partial charge in [0.25, 0.3) is 0 Å². The van der Waals surface area contributed by atoms with Crippen LogP contribution >= 0.6 is 0 Å². The van der Waals surface area contributed by atoms with E-state index in [1.54, 1.807) is 6.07 Å². The molecule has 0 aliphatic rings. The Balaban J connectivity index is 2.39. The highest BCUT2D eigenvalue weighted by molar-refractivity contribution is 7.90. The van der Waals surface area contributed by atoms with Crippen molar-refractivity contribution in [3.8, 4) is 5.75 Å². The van der Waals surface area contributed by atoms with Crippen molar-refractivity contribution in [1.82, 2.24) is 0 Å². The number of sulfone groups is 1. The number of hydrogen-bond acceptors (Lipinski definition) is 4. The van der Waals surface area contributed by atoms with Crippen LogP contribution in [0.4, 0.5) is 14.5 Å². The molecule has 4 nitrogen and oxygen atoms in total. The zero-order valence-corrected chi connectivity index (χ0v) is 12.0. The molecule has 0 radical (unpaired) electrons. The fourth-order valence-corrected chi connectivity index (χ4v) is 3.21. The molecule has 0 bridgehead atoms. The van der Waals surface area contributed by atoms with Crippen LogP contribution in [-0.2, 0) is 15.6 Å². The fourth-order valence-electron chi connectivity index (χ4n) is 1.84. The summed E-state index contributed by atoms with van der Waals surface area (Å²) in [6.45, 7) is 0. The molecule has 0 saturated heterocycles. The average Bonchev–Trinajstić information content (AvgIpc) is 2.43. The molecular formula is C14H13F2NO3S. The van der Waals surface area contributed by atoms with Gasteiger partial charge in [0.05, 0.1) is 17.8 Å². The highest BCUT2D eigenvalue weighted by Gasteiger charge is 2.19. The highest BCUT2D eigenvalue weighted by Crippen LogP contribution is 2.26. The van der Waals surface area contributed by atoms with Crippen LogP contribution in [0.5, 0.6) is 5.75 Å². The lowest BCUT2D eigenvalue weighted by atomic mass is 10.2. The van der Waals surface area contributed by atoms with Crippen LogP contribution in [0, 0.1) is 11.6 Å². The van der Waals surface area contributed by atoms with E-state index in [0.717, 1.165) is 12.1 Å². The van der Waals surface area contributed by atoms with Crippen molar-refractivity contribution in [1.29, 1.82) is 0 Å². The molecule has 0 aliphatic carbocycles. The second kappa shape index (κ2) is 5.69.